The van der Waals surface area contributed by atoms with Crippen LogP contribution < -0.4 is 10.6 Å². The first-order valence-electron chi connectivity index (χ1n) is 9.05. The molecule has 1 saturated carbocycles. The first-order chi connectivity index (χ1) is 11.1. The summed E-state index contributed by atoms with van der Waals surface area (Å²) in [6.07, 6.45) is 7.80. The molecule has 2 N–H and O–H groups in total. The molecule has 0 radical (unpaired) electrons. The molecule has 0 aromatic rings. The van der Waals surface area contributed by atoms with Crippen molar-refractivity contribution in [1.29, 1.82) is 0 Å². The Morgan fingerprint density at radius 3 is 2.39 bits per heavy atom. The molecule has 2 rings (SSSR count). The Labute approximate surface area is 140 Å². The van der Waals surface area contributed by atoms with Crippen LogP contribution in [-0.2, 0) is 4.79 Å². The maximum atomic E-state index is 12.2. The van der Waals surface area contributed by atoms with Crippen LogP contribution in [0.15, 0.2) is 0 Å². The number of likely N-dealkylation sites (N-methyl/N-ethyl adjacent to an activating group) is 1. The lowest BCUT2D eigenvalue weighted by molar-refractivity contribution is -0.125. The molecule has 0 bridgehead atoms. The maximum absolute atomic E-state index is 12.2. The lowest BCUT2D eigenvalue weighted by Gasteiger charge is -2.36. The number of piperidine rings is 1. The number of likely N-dealkylation sites (tertiary alicyclic amines) is 1. The summed E-state index contributed by atoms with van der Waals surface area (Å²) in [5, 5.41) is 5.88. The monoisotopic (exact) mass is 324 g/mol. The molecule has 0 aromatic carbocycles. The van der Waals surface area contributed by atoms with Gasteiger partial charge in [-0.2, -0.15) is 0 Å². The molecule has 1 atom stereocenters. The fraction of sp³-hybridized carbons (Fsp3) is 0.882. The van der Waals surface area contributed by atoms with Gasteiger partial charge in [0.25, 0.3) is 0 Å². The molecule has 0 spiro atoms. The lowest BCUT2D eigenvalue weighted by Crippen LogP contribution is -2.51. The molecule has 3 amide bonds. The smallest absolute Gasteiger partial charge is 0.317 e. The number of carbonyl (C=O) groups excluding carboxylic acids is 2. The van der Waals surface area contributed by atoms with Gasteiger partial charge in [-0.25, -0.2) is 4.79 Å². The molecule has 6 heteroatoms. The molecule has 132 valence electrons. The molecular weight excluding hydrogens is 292 g/mol. The van der Waals surface area contributed by atoms with Crippen molar-refractivity contribution in [3.8, 4) is 0 Å². The molecule has 0 aromatic heterocycles. The van der Waals surface area contributed by atoms with Crippen LogP contribution in [0.25, 0.3) is 0 Å². The first-order valence-corrected chi connectivity index (χ1v) is 9.05. The molecule has 6 nitrogen and oxygen atoms in total. The molecule has 2 aliphatic rings. The fourth-order valence-corrected chi connectivity index (χ4v) is 3.54. The zero-order valence-corrected chi connectivity index (χ0v) is 14.6. The van der Waals surface area contributed by atoms with Gasteiger partial charge in [-0.05, 0) is 39.8 Å². The Hall–Kier alpha value is -1.30. The molecule has 1 aliphatic heterocycles. The third-order valence-corrected chi connectivity index (χ3v) is 5.09. The van der Waals surface area contributed by atoms with Crippen LogP contribution in [0.1, 0.15) is 44.9 Å². The number of hydrogen-bond acceptors (Lipinski definition) is 3. The highest BCUT2D eigenvalue weighted by Crippen LogP contribution is 2.23. The summed E-state index contributed by atoms with van der Waals surface area (Å²) < 4.78 is 0. The summed E-state index contributed by atoms with van der Waals surface area (Å²) in [6, 6.07) is 0.434. The molecule has 1 saturated heterocycles. The van der Waals surface area contributed by atoms with Crippen LogP contribution in [0.5, 0.6) is 0 Å². The molecule has 23 heavy (non-hydrogen) atoms. The third-order valence-electron chi connectivity index (χ3n) is 5.09. The Morgan fingerprint density at radius 1 is 1.00 bits per heavy atom. The summed E-state index contributed by atoms with van der Waals surface area (Å²) in [4.78, 5) is 28.3. The van der Waals surface area contributed by atoms with E-state index < -0.39 is 0 Å². The van der Waals surface area contributed by atoms with E-state index in [4.69, 9.17) is 0 Å². The van der Waals surface area contributed by atoms with E-state index in [0.717, 1.165) is 51.6 Å². The van der Waals surface area contributed by atoms with Gasteiger partial charge in [0.15, 0.2) is 0 Å². The number of nitrogens with one attached hydrogen (secondary N) is 2. The van der Waals surface area contributed by atoms with Crippen molar-refractivity contribution in [2.24, 2.45) is 5.92 Å². The quantitative estimate of drug-likeness (QED) is 0.752. The van der Waals surface area contributed by atoms with Gasteiger partial charge in [-0.15, -0.1) is 0 Å². The van der Waals surface area contributed by atoms with Crippen molar-refractivity contribution < 1.29 is 9.59 Å². The summed E-state index contributed by atoms with van der Waals surface area (Å²) in [5.41, 5.74) is 0. The Balaban J connectivity index is 1.61. The average Bonchev–Trinajstić information content (AvgIpc) is 2.59. The van der Waals surface area contributed by atoms with Gasteiger partial charge in [0.2, 0.25) is 5.91 Å². The van der Waals surface area contributed by atoms with Crippen LogP contribution in [0.3, 0.4) is 0 Å². The van der Waals surface area contributed by atoms with Gasteiger partial charge >= 0.3 is 6.03 Å². The first kappa shape index (κ1) is 18.0. The van der Waals surface area contributed by atoms with Crippen LogP contribution in [0, 0.1) is 5.92 Å². The molecule has 1 aliphatic carbocycles. The van der Waals surface area contributed by atoms with Gasteiger partial charge in [0, 0.05) is 38.1 Å². The van der Waals surface area contributed by atoms with Gasteiger partial charge in [-0.1, -0.05) is 19.3 Å². The second kappa shape index (κ2) is 9.11. The molecule has 1 unspecified atom stereocenters. The van der Waals surface area contributed by atoms with Crippen molar-refractivity contribution in [3.63, 3.8) is 0 Å². The second-order valence-electron chi connectivity index (χ2n) is 7.06. The highest BCUT2D eigenvalue weighted by Gasteiger charge is 2.24. The Morgan fingerprint density at radius 2 is 1.70 bits per heavy atom. The Kier molecular flexibility index (Phi) is 7.15. The summed E-state index contributed by atoms with van der Waals surface area (Å²) >= 11 is 0. The van der Waals surface area contributed by atoms with Crippen molar-refractivity contribution in [2.75, 3.05) is 40.3 Å². The highest BCUT2D eigenvalue weighted by atomic mass is 16.2. The number of amides is 3. The number of urea groups is 1. The van der Waals surface area contributed by atoms with Crippen molar-refractivity contribution in [3.05, 3.63) is 0 Å². The van der Waals surface area contributed by atoms with Crippen LogP contribution in [0.2, 0.25) is 0 Å². The normalized spacial score (nSPS) is 22.9. The predicted octanol–water partition coefficient (Wildman–Crippen LogP) is 1.42. The molecular formula is C17H32N4O2. The number of carbonyl (C=O) groups is 2. The van der Waals surface area contributed by atoms with E-state index in [-0.39, 0.29) is 17.9 Å². The standard InChI is InChI=1S/C17H32N4O2/c1-20(2)15-9-6-12-21(13-15)17(23)19-11-10-18-16(22)14-7-4-3-5-8-14/h14-15H,3-13H2,1-2H3,(H,18,22)(H,19,23). The molecule has 2 fully saturated rings. The van der Waals surface area contributed by atoms with E-state index in [1.807, 2.05) is 4.90 Å². The van der Waals surface area contributed by atoms with E-state index in [1.54, 1.807) is 0 Å². The topological polar surface area (TPSA) is 64.7 Å². The van der Waals surface area contributed by atoms with Crippen molar-refractivity contribution in [2.45, 2.75) is 51.0 Å². The molecule has 1 heterocycles. The van der Waals surface area contributed by atoms with E-state index in [0.29, 0.717) is 19.1 Å². The van der Waals surface area contributed by atoms with E-state index in [2.05, 4.69) is 29.6 Å². The van der Waals surface area contributed by atoms with Crippen molar-refractivity contribution >= 4 is 11.9 Å². The van der Waals surface area contributed by atoms with Crippen LogP contribution in [0.4, 0.5) is 4.79 Å². The SMILES string of the molecule is CN(C)C1CCCN(C(=O)NCCNC(=O)C2CCCCC2)C1. The van der Waals surface area contributed by atoms with E-state index in [9.17, 15) is 9.59 Å². The third kappa shape index (κ3) is 5.68. The number of rotatable bonds is 5. The summed E-state index contributed by atoms with van der Waals surface area (Å²) in [5.74, 6) is 0.340. The van der Waals surface area contributed by atoms with Crippen LogP contribution in [-0.4, -0.2) is 68.1 Å². The minimum Gasteiger partial charge on any atom is -0.354 e. The fourth-order valence-electron chi connectivity index (χ4n) is 3.54. The van der Waals surface area contributed by atoms with Gasteiger partial charge in [0.05, 0.1) is 0 Å². The maximum Gasteiger partial charge on any atom is 0.317 e. The Bertz CT molecular complexity index is 394. The highest BCUT2D eigenvalue weighted by molar-refractivity contribution is 5.78. The second-order valence-corrected chi connectivity index (χ2v) is 7.06. The van der Waals surface area contributed by atoms with Crippen LogP contribution >= 0.6 is 0 Å². The lowest BCUT2D eigenvalue weighted by atomic mass is 9.89. The minimum atomic E-state index is -0.0107. The largest absolute Gasteiger partial charge is 0.354 e. The van der Waals surface area contributed by atoms with E-state index >= 15 is 0 Å². The van der Waals surface area contributed by atoms with Gasteiger partial charge < -0.3 is 20.4 Å². The van der Waals surface area contributed by atoms with Gasteiger partial charge in [-0.3, -0.25) is 4.79 Å². The average molecular weight is 324 g/mol. The zero-order valence-electron chi connectivity index (χ0n) is 14.6. The van der Waals surface area contributed by atoms with Gasteiger partial charge in [0.1, 0.15) is 0 Å². The minimum absolute atomic E-state index is 0.0107. The zero-order chi connectivity index (χ0) is 16.7. The summed E-state index contributed by atoms with van der Waals surface area (Å²) in [6.45, 7) is 2.63. The number of hydrogen-bond donors (Lipinski definition) is 2. The summed E-state index contributed by atoms with van der Waals surface area (Å²) in [7, 11) is 4.12. The van der Waals surface area contributed by atoms with E-state index in [1.165, 1.54) is 6.42 Å². The number of nitrogens with zero attached hydrogens (tertiary/aromatic N) is 2. The predicted molar refractivity (Wildman–Crippen MR) is 91.3 cm³/mol. The van der Waals surface area contributed by atoms with Crippen molar-refractivity contribution in [1.82, 2.24) is 20.4 Å².